The molecule has 0 spiro atoms. The Hall–Kier alpha value is 0.190. The van der Waals surface area contributed by atoms with Crippen LogP contribution in [0.15, 0.2) is 11.9 Å². The van der Waals surface area contributed by atoms with Gasteiger partial charge >= 0.3 is 0 Å². The molecule has 0 aliphatic carbocycles. The third kappa shape index (κ3) is 1.83. The Labute approximate surface area is 70.7 Å². The molecule has 0 radical (unpaired) electrons. The van der Waals surface area contributed by atoms with Gasteiger partial charge in [0, 0.05) is 10.6 Å². The molecule has 0 bridgehead atoms. The lowest BCUT2D eigenvalue weighted by Gasteiger charge is -1.97. The van der Waals surface area contributed by atoms with Gasteiger partial charge in [0.25, 0.3) is 0 Å². The fraction of sp³-hybridized carbons (Fsp3) is 0.167. The van der Waals surface area contributed by atoms with Gasteiger partial charge in [0.05, 0.1) is 11.4 Å². The third-order valence-corrected chi connectivity index (χ3v) is 2.64. The van der Waals surface area contributed by atoms with Crippen LogP contribution >= 0.6 is 31.4 Å². The van der Waals surface area contributed by atoms with E-state index in [0.29, 0.717) is 9.78 Å². The van der Waals surface area contributed by atoms with Crippen LogP contribution in [0.1, 0.15) is 5.56 Å². The highest BCUT2D eigenvalue weighted by Crippen LogP contribution is 2.28. The minimum atomic E-state index is -0.0213. The zero-order valence-corrected chi connectivity index (χ0v) is 7.42. The van der Waals surface area contributed by atoms with Crippen LogP contribution < -0.4 is 0 Å². The largest absolute Gasteiger partial charge is 0.392 e. The minimum absolute atomic E-state index is 0.0213. The molecule has 54 valence electrons. The van der Waals surface area contributed by atoms with Crippen molar-refractivity contribution >= 4 is 31.4 Å². The molecule has 0 unspecified atom stereocenters. The summed E-state index contributed by atoms with van der Waals surface area (Å²) in [6, 6.07) is 1.65. The summed E-state index contributed by atoms with van der Waals surface area (Å²) < 4.78 is 0.683. The van der Waals surface area contributed by atoms with Crippen LogP contribution in [0.2, 0.25) is 9.78 Å². The van der Waals surface area contributed by atoms with Crippen LogP contribution in [-0.2, 0) is 6.61 Å². The summed E-state index contributed by atoms with van der Waals surface area (Å²) in [5.74, 6) is 1.80. The van der Waals surface area contributed by atoms with E-state index in [1.807, 2.05) is 0 Å². The molecule has 1 rings (SSSR count). The quantitative estimate of drug-likeness (QED) is 0.729. The maximum atomic E-state index is 8.70. The van der Waals surface area contributed by atoms with Gasteiger partial charge in [-0.1, -0.05) is 31.4 Å². The van der Waals surface area contributed by atoms with Crippen molar-refractivity contribution in [2.45, 2.75) is 6.61 Å². The molecule has 0 amide bonds. The molecule has 0 aliphatic heterocycles. The lowest BCUT2D eigenvalue weighted by molar-refractivity contribution is 0.282. The molecule has 1 N–H and O–H groups in total. The van der Waals surface area contributed by atoms with Gasteiger partial charge in [0.2, 0.25) is 0 Å². The molecule has 0 atom stereocenters. The van der Waals surface area contributed by atoms with E-state index < -0.39 is 0 Å². The highest BCUT2D eigenvalue weighted by molar-refractivity contribution is 7.33. The zero-order valence-electron chi connectivity index (χ0n) is 5.01. The van der Waals surface area contributed by atoms with Crippen LogP contribution in [0.5, 0.6) is 0 Å². The molecule has 10 heavy (non-hydrogen) atoms. The van der Waals surface area contributed by atoms with Crippen molar-refractivity contribution in [1.29, 1.82) is 0 Å². The third-order valence-electron chi connectivity index (χ3n) is 1.07. The fourth-order valence-corrected chi connectivity index (χ4v) is 1.94. The predicted molar refractivity (Wildman–Crippen MR) is 44.9 cm³/mol. The number of aliphatic hydroxyl groups is 1. The van der Waals surface area contributed by atoms with E-state index >= 15 is 0 Å². The van der Waals surface area contributed by atoms with E-state index in [2.05, 4.69) is 0 Å². The molecule has 1 aromatic rings. The van der Waals surface area contributed by atoms with Crippen molar-refractivity contribution in [2.24, 2.45) is 0 Å². The predicted octanol–water partition coefficient (Wildman–Crippen LogP) is 3.07. The van der Waals surface area contributed by atoms with Crippen LogP contribution in [-0.4, -0.2) is 5.11 Å². The Morgan fingerprint density at radius 1 is 1.50 bits per heavy atom. The smallest absolute Gasteiger partial charge is 0.0699 e. The highest BCUT2D eigenvalue weighted by Gasteiger charge is 1.98. The van der Waals surface area contributed by atoms with Crippen LogP contribution in [0.25, 0.3) is 0 Å². The van der Waals surface area contributed by atoms with E-state index in [1.165, 1.54) is 0 Å². The first-order valence-corrected chi connectivity index (χ1v) is 4.37. The van der Waals surface area contributed by atoms with Gasteiger partial charge in [0.1, 0.15) is 0 Å². The Bertz CT molecular complexity index is 239. The molecule has 0 fully saturated rings. The number of aliphatic hydroxyl groups excluding tert-OH is 1. The number of rotatable bonds is 1. The van der Waals surface area contributed by atoms with Crippen molar-refractivity contribution in [3.63, 3.8) is 0 Å². The van der Waals surface area contributed by atoms with Crippen LogP contribution in [0, 0.1) is 0 Å². The van der Waals surface area contributed by atoms with Crippen molar-refractivity contribution in [2.75, 3.05) is 0 Å². The normalized spacial score (nSPS) is 10.7. The highest BCUT2D eigenvalue weighted by atomic mass is 35.5. The second-order valence-electron chi connectivity index (χ2n) is 1.76. The van der Waals surface area contributed by atoms with E-state index in [9.17, 15) is 0 Å². The summed E-state index contributed by atoms with van der Waals surface area (Å²) in [7, 11) is 0.901. The molecule has 1 aromatic heterocycles. The first-order chi connectivity index (χ1) is 4.74. The van der Waals surface area contributed by atoms with E-state index in [4.69, 9.17) is 28.3 Å². The number of halogens is 2. The van der Waals surface area contributed by atoms with Crippen molar-refractivity contribution in [3.05, 3.63) is 27.2 Å². The second-order valence-corrected chi connectivity index (χ2v) is 3.83. The standard InChI is InChI=1S/C6H5Cl2OP/c7-5-1-6(8)10-3-4(5)2-9/h1,3,9H,2H2. The Balaban J connectivity index is 3.07. The van der Waals surface area contributed by atoms with Gasteiger partial charge in [-0.3, -0.25) is 0 Å². The Kier molecular flexibility index (Phi) is 2.94. The van der Waals surface area contributed by atoms with Gasteiger partial charge in [-0.2, -0.15) is 0 Å². The fourth-order valence-electron chi connectivity index (χ4n) is 0.552. The second kappa shape index (κ2) is 3.54. The van der Waals surface area contributed by atoms with Crippen LogP contribution in [0.4, 0.5) is 0 Å². The summed E-state index contributed by atoms with van der Waals surface area (Å²) in [6.45, 7) is -0.0213. The lowest BCUT2D eigenvalue weighted by Crippen LogP contribution is -1.80. The summed E-state index contributed by atoms with van der Waals surface area (Å²) >= 11 is 11.4. The first-order valence-electron chi connectivity index (χ1n) is 2.65. The molecule has 0 saturated heterocycles. The summed E-state index contributed by atoms with van der Waals surface area (Å²) in [6.07, 6.45) is 0. The van der Waals surface area contributed by atoms with E-state index in [1.54, 1.807) is 11.9 Å². The first kappa shape index (κ1) is 8.29. The number of hydrogen-bond acceptors (Lipinski definition) is 1. The van der Waals surface area contributed by atoms with Gasteiger partial charge in [-0.15, -0.1) is 0 Å². The van der Waals surface area contributed by atoms with Gasteiger partial charge < -0.3 is 5.11 Å². The summed E-state index contributed by atoms with van der Waals surface area (Å²) in [5.41, 5.74) is 0.743. The Morgan fingerprint density at radius 2 is 2.20 bits per heavy atom. The maximum absolute atomic E-state index is 8.70. The maximum Gasteiger partial charge on any atom is 0.0699 e. The van der Waals surface area contributed by atoms with Gasteiger partial charge in [0.15, 0.2) is 0 Å². The lowest BCUT2D eigenvalue weighted by atomic mass is 10.3. The molecule has 1 heterocycles. The Morgan fingerprint density at radius 3 is 2.70 bits per heavy atom. The SMILES string of the molecule is OCc1cpc(Cl)cc1Cl. The molecular formula is C6H5Cl2OP. The topological polar surface area (TPSA) is 20.2 Å². The minimum Gasteiger partial charge on any atom is -0.392 e. The summed E-state index contributed by atoms with van der Waals surface area (Å²) in [5, 5.41) is 9.23. The van der Waals surface area contributed by atoms with E-state index in [-0.39, 0.29) is 6.61 Å². The molecule has 4 heteroatoms. The average Bonchev–Trinajstić information content (AvgIpc) is 1.88. The van der Waals surface area contributed by atoms with Gasteiger partial charge in [-0.25, -0.2) is 0 Å². The number of hydrogen-bond donors (Lipinski definition) is 1. The molecule has 1 nitrogen and oxygen atoms in total. The molecule has 0 aliphatic rings. The summed E-state index contributed by atoms with van der Waals surface area (Å²) in [4.78, 5) is 0. The monoisotopic (exact) mass is 194 g/mol. The van der Waals surface area contributed by atoms with Crippen molar-refractivity contribution in [3.8, 4) is 0 Å². The van der Waals surface area contributed by atoms with Crippen molar-refractivity contribution in [1.82, 2.24) is 0 Å². The van der Waals surface area contributed by atoms with Crippen molar-refractivity contribution < 1.29 is 5.11 Å². The zero-order chi connectivity index (χ0) is 7.56. The molecular weight excluding hydrogens is 190 g/mol. The molecule has 0 saturated carbocycles. The van der Waals surface area contributed by atoms with E-state index in [0.717, 1.165) is 13.8 Å². The average molecular weight is 195 g/mol. The van der Waals surface area contributed by atoms with Gasteiger partial charge in [-0.05, 0) is 11.9 Å². The molecule has 0 aromatic carbocycles. The van der Waals surface area contributed by atoms with Crippen LogP contribution in [0.3, 0.4) is 0 Å².